The van der Waals surface area contributed by atoms with Gasteiger partial charge in [-0.3, -0.25) is 9.69 Å². The fraction of sp³-hybridized carbons (Fsp3) is 0.261. The molecule has 1 aromatic heterocycles. The maximum Gasteiger partial charge on any atom is 0.196 e. The van der Waals surface area contributed by atoms with Crippen LogP contribution in [0.2, 0.25) is 10.0 Å². The summed E-state index contributed by atoms with van der Waals surface area (Å²) in [5, 5.41) is 7.51. The molecule has 1 aliphatic rings. The lowest BCUT2D eigenvalue weighted by Gasteiger charge is -2.36. The highest BCUT2D eigenvalue weighted by molar-refractivity contribution is 7.14. The van der Waals surface area contributed by atoms with Crippen LogP contribution in [0.15, 0.2) is 53.9 Å². The highest BCUT2D eigenvalue weighted by Crippen LogP contribution is 2.31. The zero-order valence-corrected chi connectivity index (χ0v) is 18.7. The molecule has 3 N–H and O–H groups in total. The second-order valence-corrected chi connectivity index (χ2v) is 9.25. The van der Waals surface area contributed by atoms with Gasteiger partial charge >= 0.3 is 0 Å². The largest absolute Gasteiger partial charge is 0.390 e. The Bertz CT molecular complexity index is 1020. The molecule has 30 heavy (non-hydrogen) atoms. The summed E-state index contributed by atoms with van der Waals surface area (Å²) in [5.41, 5.74) is 9.43. The SMILES string of the molecule is Nc1scc(CN2CCCCC2Nc2ccc(Cl)cc2)c1C(=O)c1ccc(Cl)cc1. The molecular formula is C23H23Cl2N3OS. The maximum atomic E-state index is 13.1. The van der Waals surface area contributed by atoms with Gasteiger partial charge in [0, 0.05) is 34.4 Å². The molecule has 156 valence electrons. The summed E-state index contributed by atoms with van der Waals surface area (Å²) in [6.45, 7) is 1.64. The minimum absolute atomic E-state index is 0.0559. The number of benzene rings is 2. The molecule has 4 rings (SSSR count). The van der Waals surface area contributed by atoms with Gasteiger partial charge in [-0.1, -0.05) is 23.2 Å². The Balaban J connectivity index is 1.54. The van der Waals surface area contributed by atoms with Crippen LogP contribution in [-0.4, -0.2) is 23.4 Å². The number of anilines is 2. The van der Waals surface area contributed by atoms with E-state index in [-0.39, 0.29) is 11.9 Å². The first-order valence-corrected chi connectivity index (χ1v) is 11.6. The summed E-state index contributed by atoms with van der Waals surface area (Å²) < 4.78 is 0. The molecule has 0 spiro atoms. The highest BCUT2D eigenvalue weighted by atomic mass is 35.5. The number of ketones is 1. The van der Waals surface area contributed by atoms with Crippen molar-refractivity contribution in [2.75, 3.05) is 17.6 Å². The standard InChI is InChI=1S/C23H23Cl2N3OS/c24-17-6-4-15(5-7-17)22(29)21-16(14-30-23(21)26)13-28-12-2-1-3-20(28)27-19-10-8-18(25)9-11-19/h4-11,14,20,27H,1-3,12-13,26H2. The lowest BCUT2D eigenvalue weighted by atomic mass is 10.00. The molecule has 1 saturated heterocycles. The lowest BCUT2D eigenvalue weighted by molar-refractivity contribution is 0.103. The first-order chi connectivity index (χ1) is 14.5. The smallest absolute Gasteiger partial charge is 0.196 e. The van der Waals surface area contributed by atoms with Gasteiger partial charge in [-0.15, -0.1) is 11.3 Å². The third-order valence-corrected chi connectivity index (χ3v) is 6.76. The average Bonchev–Trinajstić information content (AvgIpc) is 3.11. The molecule has 3 aromatic rings. The van der Waals surface area contributed by atoms with Crippen molar-refractivity contribution in [2.24, 2.45) is 0 Å². The van der Waals surface area contributed by atoms with E-state index in [0.29, 0.717) is 27.7 Å². The Labute approximate surface area is 190 Å². The summed E-state index contributed by atoms with van der Waals surface area (Å²) in [5.74, 6) is -0.0559. The molecule has 0 radical (unpaired) electrons. The molecule has 0 aliphatic carbocycles. The van der Waals surface area contributed by atoms with Crippen LogP contribution in [0.1, 0.15) is 40.7 Å². The number of piperidine rings is 1. The number of nitrogens with one attached hydrogen (secondary N) is 1. The fourth-order valence-corrected chi connectivity index (χ4v) is 4.89. The van der Waals surface area contributed by atoms with E-state index >= 15 is 0 Å². The highest BCUT2D eigenvalue weighted by Gasteiger charge is 2.26. The number of nitrogens with two attached hydrogens (primary N) is 1. The molecule has 1 atom stereocenters. The van der Waals surface area contributed by atoms with E-state index in [1.807, 2.05) is 29.6 Å². The van der Waals surface area contributed by atoms with Crippen LogP contribution in [0.5, 0.6) is 0 Å². The number of hydrogen-bond donors (Lipinski definition) is 2. The predicted octanol–water partition coefficient (Wildman–Crippen LogP) is 6.29. The number of carbonyl (C=O) groups is 1. The topological polar surface area (TPSA) is 58.4 Å². The number of halogens is 2. The van der Waals surface area contributed by atoms with Crippen molar-refractivity contribution in [1.29, 1.82) is 0 Å². The van der Waals surface area contributed by atoms with Crippen molar-refractivity contribution in [1.82, 2.24) is 4.90 Å². The van der Waals surface area contributed by atoms with Crippen molar-refractivity contribution in [3.8, 4) is 0 Å². The Kier molecular flexibility index (Phi) is 6.64. The summed E-state index contributed by atoms with van der Waals surface area (Å²) in [6, 6.07) is 14.7. The zero-order chi connectivity index (χ0) is 21.1. The molecule has 0 amide bonds. The number of thiophene rings is 1. The van der Waals surface area contributed by atoms with Crippen molar-refractivity contribution in [3.63, 3.8) is 0 Å². The molecule has 2 aromatic carbocycles. The van der Waals surface area contributed by atoms with Crippen LogP contribution >= 0.6 is 34.5 Å². The average molecular weight is 460 g/mol. The van der Waals surface area contributed by atoms with E-state index in [2.05, 4.69) is 10.2 Å². The van der Waals surface area contributed by atoms with Crippen LogP contribution in [-0.2, 0) is 6.54 Å². The molecule has 1 aliphatic heterocycles. The summed E-state index contributed by atoms with van der Waals surface area (Å²) in [7, 11) is 0. The van der Waals surface area contributed by atoms with E-state index in [1.165, 1.54) is 17.8 Å². The van der Waals surface area contributed by atoms with E-state index in [1.54, 1.807) is 24.3 Å². The van der Waals surface area contributed by atoms with Gasteiger partial charge in [0.05, 0.1) is 16.7 Å². The molecule has 1 fully saturated rings. The number of carbonyl (C=O) groups excluding carboxylic acids is 1. The molecule has 7 heteroatoms. The van der Waals surface area contributed by atoms with Crippen LogP contribution in [0.25, 0.3) is 0 Å². The van der Waals surface area contributed by atoms with Crippen LogP contribution in [0.4, 0.5) is 10.7 Å². The molecule has 0 saturated carbocycles. The minimum Gasteiger partial charge on any atom is -0.390 e. The summed E-state index contributed by atoms with van der Waals surface area (Å²) in [4.78, 5) is 15.5. The van der Waals surface area contributed by atoms with E-state index in [4.69, 9.17) is 28.9 Å². The van der Waals surface area contributed by atoms with Crippen molar-refractivity contribution < 1.29 is 4.79 Å². The van der Waals surface area contributed by atoms with E-state index < -0.39 is 0 Å². The first kappa shape index (κ1) is 21.2. The van der Waals surface area contributed by atoms with Crippen molar-refractivity contribution in [2.45, 2.75) is 32.0 Å². The quantitative estimate of drug-likeness (QED) is 0.425. The maximum absolute atomic E-state index is 13.1. The summed E-state index contributed by atoms with van der Waals surface area (Å²) in [6.07, 6.45) is 3.55. The van der Waals surface area contributed by atoms with Crippen molar-refractivity contribution >= 4 is 51.0 Å². The van der Waals surface area contributed by atoms with Gasteiger partial charge in [0.15, 0.2) is 5.78 Å². The minimum atomic E-state index is -0.0559. The third-order valence-electron chi connectivity index (χ3n) is 5.39. The second kappa shape index (κ2) is 9.40. The normalized spacial score (nSPS) is 17.1. The molecular weight excluding hydrogens is 437 g/mol. The van der Waals surface area contributed by atoms with Crippen molar-refractivity contribution in [3.05, 3.63) is 80.6 Å². The van der Waals surface area contributed by atoms with E-state index in [9.17, 15) is 4.79 Å². The third kappa shape index (κ3) is 4.81. The van der Waals surface area contributed by atoms with Crippen LogP contribution in [0.3, 0.4) is 0 Å². The van der Waals surface area contributed by atoms with Gasteiger partial charge in [0.1, 0.15) is 0 Å². The number of rotatable bonds is 6. The van der Waals surface area contributed by atoms with Gasteiger partial charge < -0.3 is 11.1 Å². The molecule has 4 nitrogen and oxygen atoms in total. The van der Waals surface area contributed by atoms with Gasteiger partial charge in [-0.2, -0.15) is 0 Å². The zero-order valence-electron chi connectivity index (χ0n) is 16.4. The number of nitrogen functional groups attached to an aromatic ring is 1. The second-order valence-electron chi connectivity index (χ2n) is 7.47. The lowest BCUT2D eigenvalue weighted by Crippen LogP contribution is -2.44. The first-order valence-electron chi connectivity index (χ1n) is 9.93. The Hall–Kier alpha value is -2.05. The van der Waals surface area contributed by atoms with Gasteiger partial charge in [0.25, 0.3) is 0 Å². The van der Waals surface area contributed by atoms with Gasteiger partial charge in [0.2, 0.25) is 0 Å². The number of hydrogen-bond acceptors (Lipinski definition) is 5. The van der Waals surface area contributed by atoms with Crippen LogP contribution in [0, 0.1) is 0 Å². The van der Waals surface area contributed by atoms with E-state index in [0.717, 1.165) is 35.7 Å². The van der Waals surface area contributed by atoms with Gasteiger partial charge in [-0.05, 0) is 78.7 Å². The Morgan fingerprint density at radius 1 is 1.07 bits per heavy atom. The Morgan fingerprint density at radius 2 is 1.73 bits per heavy atom. The predicted molar refractivity (Wildman–Crippen MR) is 127 cm³/mol. The van der Waals surface area contributed by atoms with Crippen LogP contribution < -0.4 is 11.1 Å². The molecule has 2 heterocycles. The fourth-order valence-electron chi connectivity index (χ4n) is 3.83. The Morgan fingerprint density at radius 3 is 2.43 bits per heavy atom. The molecule has 0 bridgehead atoms. The number of likely N-dealkylation sites (tertiary alicyclic amines) is 1. The number of nitrogens with zero attached hydrogens (tertiary/aromatic N) is 1. The summed E-state index contributed by atoms with van der Waals surface area (Å²) >= 11 is 13.4. The monoisotopic (exact) mass is 459 g/mol. The molecule has 1 unspecified atom stereocenters. The van der Waals surface area contributed by atoms with Gasteiger partial charge in [-0.25, -0.2) is 0 Å².